The number of benzene rings is 1. The number of Topliss-reactive ketones (excluding diaryl/α,β-unsaturated/α-hetero) is 1. The lowest BCUT2D eigenvalue weighted by Gasteiger charge is -2.31. The Bertz CT molecular complexity index is 762. The number of nitrogens with one attached hydrogen (secondary N) is 1. The van der Waals surface area contributed by atoms with Crippen molar-refractivity contribution in [3.8, 4) is 5.75 Å². The van der Waals surface area contributed by atoms with E-state index in [-0.39, 0.29) is 5.78 Å². The number of halogens is 1. The molecule has 1 saturated heterocycles. The minimum atomic E-state index is -3.14. The second-order valence-corrected chi connectivity index (χ2v) is 9.23. The van der Waals surface area contributed by atoms with Crippen LogP contribution in [-0.2, 0) is 10.0 Å². The van der Waals surface area contributed by atoms with Crippen molar-refractivity contribution in [1.82, 2.24) is 9.62 Å². The topological polar surface area (TPSA) is 102 Å². The van der Waals surface area contributed by atoms with Gasteiger partial charge in [0, 0.05) is 31.3 Å². The van der Waals surface area contributed by atoms with E-state index < -0.39 is 10.0 Å². The fourth-order valence-corrected chi connectivity index (χ4v) is 4.17. The number of ketones is 1. The Kier molecular flexibility index (Phi) is 7.91. The molecule has 1 aliphatic heterocycles. The Hall–Kier alpha value is -1.35. The van der Waals surface area contributed by atoms with Crippen molar-refractivity contribution in [1.29, 1.82) is 0 Å². The molecule has 27 heavy (non-hydrogen) atoms. The number of ether oxygens (including phenoxy) is 1. The molecule has 0 spiro atoms. The molecule has 0 amide bonds. The van der Waals surface area contributed by atoms with E-state index in [1.165, 1.54) is 13.4 Å². The minimum absolute atomic E-state index is 0.0309. The van der Waals surface area contributed by atoms with E-state index in [1.807, 2.05) is 0 Å². The maximum absolute atomic E-state index is 12.6. The predicted molar refractivity (Wildman–Crippen MR) is 108 cm³/mol. The standard InChI is InChI=1S/C18H28ClN3O4S/c1-26-17-12-14(20)11-15(19)18(17)16(23)4-3-13-5-8-22(9-6-13)10-7-21-27(2,24)25/h11-13,21H,3-10,20H2,1-2H3. The molecule has 0 bridgehead atoms. The van der Waals surface area contributed by atoms with Crippen LogP contribution in [0.25, 0.3) is 0 Å². The van der Waals surface area contributed by atoms with E-state index in [4.69, 9.17) is 22.1 Å². The number of nitrogens with two attached hydrogens (primary N) is 1. The van der Waals surface area contributed by atoms with E-state index in [0.29, 0.717) is 47.5 Å². The summed E-state index contributed by atoms with van der Waals surface area (Å²) in [5.74, 6) is 0.862. The molecule has 1 aliphatic rings. The van der Waals surface area contributed by atoms with Crippen molar-refractivity contribution >= 4 is 33.1 Å². The number of anilines is 1. The smallest absolute Gasteiger partial charge is 0.208 e. The zero-order valence-corrected chi connectivity index (χ0v) is 17.4. The fraction of sp³-hybridized carbons (Fsp3) is 0.611. The Labute approximate surface area is 166 Å². The summed E-state index contributed by atoms with van der Waals surface area (Å²) in [5.41, 5.74) is 6.61. The first-order valence-corrected chi connectivity index (χ1v) is 11.3. The van der Waals surface area contributed by atoms with Crippen LogP contribution in [-0.4, -0.2) is 58.6 Å². The molecule has 1 fully saturated rings. The van der Waals surface area contributed by atoms with Gasteiger partial charge in [0.15, 0.2) is 5.78 Å². The van der Waals surface area contributed by atoms with Crippen LogP contribution in [0.3, 0.4) is 0 Å². The molecule has 0 unspecified atom stereocenters. The summed E-state index contributed by atoms with van der Waals surface area (Å²) in [6.45, 7) is 2.96. The lowest BCUT2D eigenvalue weighted by Crippen LogP contribution is -2.39. The first-order valence-electron chi connectivity index (χ1n) is 9.03. The second-order valence-electron chi connectivity index (χ2n) is 6.99. The normalized spacial score (nSPS) is 16.4. The summed E-state index contributed by atoms with van der Waals surface area (Å²) < 4.78 is 30.0. The number of likely N-dealkylation sites (tertiary alicyclic amines) is 1. The number of hydrogen-bond donors (Lipinski definition) is 2. The van der Waals surface area contributed by atoms with Crippen LogP contribution in [0, 0.1) is 5.92 Å². The van der Waals surface area contributed by atoms with Crippen molar-refractivity contribution in [3.63, 3.8) is 0 Å². The molecule has 0 aliphatic carbocycles. The highest BCUT2D eigenvalue weighted by molar-refractivity contribution is 7.88. The molecule has 1 heterocycles. The number of nitrogen functional groups attached to an aromatic ring is 1. The molecule has 1 aromatic rings. The molecule has 1 aromatic carbocycles. The van der Waals surface area contributed by atoms with Crippen LogP contribution >= 0.6 is 11.6 Å². The van der Waals surface area contributed by atoms with E-state index >= 15 is 0 Å². The molecule has 7 nitrogen and oxygen atoms in total. The number of methoxy groups -OCH3 is 1. The van der Waals surface area contributed by atoms with Crippen LogP contribution < -0.4 is 15.2 Å². The molecule has 152 valence electrons. The van der Waals surface area contributed by atoms with Crippen LogP contribution in [0.15, 0.2) is 12.1 Å². The summed E-state index contributed by atoms with van der Waals surface area (Å²) in [5, 5.41) is 0.324. The second kappa shape index (κ2) is 9.73. The van der Waals surface area contributed by atoms with Crippen LogP contribution in [0.2, 0.25) is 5.02 Å². The van der Waals surface area contributed by atoms with Crippen molar-refractivity contribution < 1.29 is 17.9 Å². The average Bonchev–Trinajstić information content (AvgIpc) is 2.59. The zero-order valence-electron chi connectivity index (χ0n) is 15.8. The van der Waals surface area contributed by atoms with Gasteiger partial charge < -0.3 is 15.4 Å². The van der Waals surface area contributed by atoms with Gasteiger partial charge in [-0.2, -0.15) is 0 Å². The van der Waals surface area contributed by atoms with Crippen LogP contribution in [0.4, 0.5) is 5.69 Å². The molecule has 0 aromatic heterocycles. The maximum atomic E-state index is 12.6. The molecular formula is C18H28ClN3O4S. The van der Waals surface area contributed by atoms with Gasteiger partial charge in [-0.15, -0.1) is 0 Å². The van der Waals surface area contributed by atoms with Gasteiger partial charge in [0.25, 0.3) is 0 Å². The number of rotatable bonds is 9. The van der Waals surface area contributed by atoms with Gasteiger partial charge in [0.1, 0.15) is 5.75 Å². The van der Waals surface area contributed by atoms with Gasteiger partial charge in [-0.05, 0) is 44.3 Å². The van der Waals surface area contributed by atoms with Crippen molar-refractivity contribution in [2.45, 2.75) is 25.7 Å². The van der Waals surface area contributed by atoms with Crippen molar-refractivity contribution in [2.24, 2.45) is 5.92 Å². The largest absolute Gasteiger partial charge is 0.496 e. The molecular weight excluding hydrogens is 390 g/mol. The molecule has 9 heteroatoms. The third kappa shape index (κ3) is 6.95. The van der Waals surface area contributed by atoms with E-state index in [0.717, 1.165) is 32.4 Å². The average molecular weight is 418 g/mol. The third-order valence-corrected chi connectivity index (χ3v) is 5.88. The zero-order chi connectivity index (χ0) is 20.0. The Balaban J connectivity index is 1.79. The van der Waals surface area contributed by atoms with Gasteiger partial charge >= 0.3 is 0 Å². The first kappa shape index (κ1) is 21.9. The predicted octanol–water partition coefficient (Wildman–Crippen LogP) is 2.15. The van der Waals surface area contributed by atoms with Gasteiger partial charge in [-0.3, -0.25) is 4.79 Å². The third-order valence-electron chi connectivity index (χ3n) is 4.85. The monoisotopic (exact) mass is 417 g/mol. The van der Waals surface area contributed by atoms with E-state index in [2.05, 4.69) is 9.62 Å². The molecule has 0 radical (unpaired) electrons. The number of sulfonamides is 1. The fourth-order valence-electron chi connectivity index (χ4n) is 3.38. The quantitative estimate of drug-likeness (QED) is 0.471. The number of carbonyl (C=O) groups is 1. The lowest BCUT2D eigenvalue weighted by molar-refractivity contribution is 0.0960. The molecule has 3 N–H and O–H groups in total. The highest BCUT2D eigenvalue weighted by Gasteiger charge is 2.22. The summed E-state index contributed by atoms with van der Waals surface area (Å²) in [6, 6.07) is 3.18. The van der Waals surface area contributed by atoms with Gasteiger partial charge in [0.05, 0.1) is 24.0 Å². The SMILES string of the molecule is COc1cc(N)cc(Cl)c1C(=O)CCC1CCN(CCNS(C)(=O)=O)CC1. The molecule has 0 saturated carbocycles. The summed E-state index contributed by atoms with van der Waals surface area (Å²) >= 11 is 6.19. The van der Waals surface area contributed by atoms with Gasteiger partial charge in [-0.1, -0.05) is 11.6 Å². The van der Waals surface area contributed by atoms with Crippen LogP contribution in [0.1, 0.15) is 36.0 Å². The Morgan fingerprint density at radius 3 is 2.63 bits per heavy atom. The highest BCUT2D eigenvalue weighted by Crippen LogP contribution is 2.32. The molecule has 2 rings (SSSR count). The number of hydrogen-bond acceptors (Lipinski definition) is 6. The molecule has 0 atom stereocenters. The summed E-state index contributed by atoms with van der Waals surface area (Å²) in [4.78, 5) is 14.9. The first-order chi connectivity index (χ1) is 12.7. The van der Waals surface area contributed by atoms with Gasteiger partial charge in [0.2, 0.25) is 10.0 Å². The van der Waals surface area contributed by atoms with Crippen molar-refractivity contribution in [3.05, 3.63) is 22.7 Å². The number of nitrogens with zero attached hydrogens (tertiary/aromatic N) is 1. The number of piperidine rings is 1. The van der Waals surface area contributed by atoms with Crippen molar-refractivity contribution in [2.75, 3.05) is 45.3 Å². The summed E-state index contributed by atoms with van der Waals surface area (Å²) in [6.07, 6.45) is 4.38. The summed E-state index contributed by atoms with van der Waals surface area (Å²) in [7, 11) is -1.64. The van der Waals surface area contributed by atoms with E-state index in [9.17, 15) is 13.2 Å². The minimum Gasteiger partial charge on any atom is -0.496 e. The maximum Gasteiger partial charge on any atom is 0.208 e. The Morgan fingerprint density at radius 2 is 2.04 bits per heavy atom. The number of carbonyl (C=O) groups excluding carboxylic acids is 1. The van der Waals surface area contributed by atoms with Crippen LogP contribution in [0.5, 0.6) is 5.75 Å². The van der Waals surface area contributed by atoms with Gasteiger partial charge in [-0.25, -0.2) is 13.1 Å². The Morgan fingerprint density at radius 1 is 1.37 bits per heavy atom. The highest BCUT2D eigenvalue weighted by atomic mass is 35.5. The van der Waals surface area contributed by atoms with E-state index in [1.54, 1.807) is 12.1 Å². The lowest BCUT2D eigenvalue weighted by atomic mass is 9.90.